The lowest BCUT2D eigenvalue weighted by Gasteiger charge is -2.37. The Morgan fingerprint density at radius 2 is 0.950 bits per heavy atom. The van der Waals surface area contributed by atoms with Gasteiger partial charge < -0.3 is 5.11 Å². The third kappa shape index (κ3) is 3.60. The quantitative estimate of drug-likeness (QED) is 0.231. The first-order chi connectivity index (χ1) is 19.6. The number of benzene rings is 7. The molecule has 0 saturated heterocycles. The van der Waals surface area contributed by atoms with Crippen LogP contribution in [0.2, 0.25) is 0 Å². The van der Waals surface area contributed by atoms with Crippen LogP contribution in [0, 0.1) is 0 Å². The van der Waals surface area contributed by atoms with E-state index >= 15 is 0 Å². The highest BCUT2D eigenvalue weighted by Crippen LogP contribution is 2.50. The zero-order valence-corrected chi connectivity index (χ0v) is 22.2. The molecular formula is C38H28O2. The van der Waals surface area contributed by atoms with Crippen LogP contribution in [0.1, 0.15) is 29.5 Å². The van der Waals surface area contributed by atoms with E-state index in [1.807, 2.05) is 55.5 Å². The van der Waals surface area contributed by atoms with Crippen LogP contribution in [-0.2, 0) is 10.2 Å². The van der Waals surface area contributed by atoms with Gasteiger partial charge in [-0.2, -0.15) is 0 Å². The lowest BCUT2D eigenvalue weighted by molar-refractivity contribution is -0.143. The third-order valence-electron chi connectivity index (χ3n) is 8.62. The van der Waals surface area contributed by atoms with E-state index in [0.29, 0.717) is 0 Å². The van der Waals surface area contributed by atoms with E-state index in [1.165, 1.54) is 0 Å². The predicted molar refractivity (Wildman–Crippen MR) is 166 cm³/mol. The minimum absolute atomic E-state index is 0.466. The highest BCUT2D eigenvalue weighted by molar-refractivity contribution is 6.11. The average molecular weight is 517 g/mol. The standard InChI is InChI=1S/C38H28O2/c1-38(37(39)40,35-24-27-14-4-7-19-30(27)31-20-8-9-21-32(31)35)36(33-22-10-15-25-12-2-5-17-28(25)33)34-23-11-16-26-13-3-6-18-29(26)34/h2-24,36H,1H3,(H,39,40). The molecule has 0 heterocycles. The van der Waals surface area contributed by atoms with Gasteiger partial charge in [-0.3, -0.25) is 4.79 Å². The molecule has 0 aromatic heterocycles. The number of carbonyl (C=O) groups is 1. The molecule has 0 amide bonds. The molecule has 2 heteroatoms. The zero-order chi connectivity index (χ0) is 27.3. The Bertz CT molecular complexity index is 1980. The van der Waals surface area contributed by atoms with Gasteiger partial charge in [-0.1, -0.05) is 133 Å². The monoisotopic (exact) mass is 516 g/mol. The molecule has 0 aliphatic rings. The van der Waals surface area contributed by atoms with Crippen LogP contribution < -0.4 is 0 Å². The van der Waals surface area contributed by atoms with Gasteiger partial charge in [-0.25, -0.2) is 0 Å². The maximum absolute atomic E-state index is 13.9. The second-order valence-electron chi connectivity index (χ2n) is 10.8. The second-order valence-corrected chi connectivity index (χ2v) is 10.8. The molecule has 0 radical (unpaired) electrons. The topological polar surface area (TPSA) is 37.3 Å². The zero-order valence-electron chi connectivity index (χ0n) is 22.2. The molecule has 40 heavy (non-hydrogen) atoms. The fraction of sp³-hybridized carbons (Fsp3) is 0.0789. The molecule has 0 aliphatic heterocycles. The highest BCUT2D eigenvalue weighted by Gasteiger charge is 2.47. The number of rotatable bonds is 5. The lowest BCUT2D eigenvalue weighted by Crippen LogP contribution is -2.40. The van der Waals surface area contributed by atoms with Crippen molar-refractivity contribution in [2.24, 2.45) is 0 Å². The summed E-state index contributed by atoms with van der Waals surface area (Å²) in [5, 5.41) is 19.9. The van der Waals surface area contributed by atoms with E-state index in [4.69, 9.17) is 0 Å². The molecular weight excluding hydrogens is 488 g/mol. The van der Waals surface area contributed by atoms with Crippen molar-refractivity contribution in [3.8, 4) is 0 Å². The van der Waals surface area contributed by atoms with E-state index in [-0.39, 0.29) is 0 Å². The molecule has 0 spiro atoms. The van der Waals surface area contributed by atoms with Crippen molar-refractivity contribution in [3.05, 3.63) is 156 Å². The van der Waals surface area contributed by atoms with Gasteiger partial charge in [0.25, 0.3) is 0 Å². The van der Waals surface area contributed by atoms with Crippen molar-refractivity contribution in [1.29, 1.82) is 0 Å². The maximum atomic E-state index is 13.9. The van der Waals surface area contributed by atoms with Gasteiger partial charge in [0, 0.05) is 5.92 Å². The summed E-state index contributed by atoms with van der Waals surface area (Å²) in [6.45, 7) is 1.92. The van der Waals surface area contributed by atoms with E-state index in [2.05, 4.69) is 91.0 Å². The van der Waals surface area contributed by atoms with Crippen LogP contribution in [0.5, 0.6) is 0 Å². The smallest absolute Gasteiger partial charge is 0.314 e. The van der Waals surface area contributed by atoms with E-state index in [0.717, 1.165) is 59.8 Å². The Morgan fingerprint density at radius 3 is 1.50 bits per heavy atom. The Kier molecular flexibility index (Phi) is 5.64. The van der Waals surface area contributed by atoms with E-state index < -0.39 is 17.3 Å². The van der Waals surface area contributed by atoms with E-state index in [1.54, 1.807) is 0 Å². The molecule has 7 rings (SSSR count). The van der Waals surface area contributed by atoms with Crippen molar-refractivity contribution >= 4 is 49.1 Å². The molecule has 7 aromatic rings. The number of fused-ring (bicyclic) bond motifs is 5. The van der Waals surface area contributed by atoms with E-state index in [9.17, 15) is 9.90 Å². The summed E-state index contributed by atoms with van der Waals surface area (Å²) in [5.41, 5.74) is 1.55. The molecule has 1 atom stereocenters. The molecule has 0 bridgehead atoms. The van der Waals surface area contributed by atoms with Gasteiger partial charge in [0.15, 0.2) is 0 Å². The van der Waals surface area contributed by atoms with Gasteiger partial charge in [0.1, 0.15) is 5.41 Å². The molecule has 7 aromatic carbocycles. The first-order valence-electron chi connectivity index (χ1n) is 13.7. The Labute approximate surface area is 233 Å². The van der Waals surface area contributed by atoms with Crippen LogP contribution in [0.4, 0.5) is 0 Å². The van der Waals surface area contributed by atoms with Gasteiger partial charge >= 0.3 is 5.97 Å². The fourth-order valence-corrected chi connectivity index (χ4v) is 6.67. The van der Waals surface area contributed by atoms with Gasteiger partial charge in [-0.05, 0) is 72.8 Å². The number of carboxylic acid groups (broad SMARTS) is 1. The first kappa shape index (κ1) is 24.1. The van der Waals surface area contributed by atoms with Crippen molar-refractivity contribution < 1.29 is 9.90 Å². The number of carboxylic acids is 1. The number of aliphatic carboxylic acids is 1. The maximum Gasteiger partial charge on any atom is 0.314 e. The molecule has 0 aliphatic carbocycles. The summed E-state index contributed by atoms with van der Waals surface area (Å²) in [7, 11) is 0. The number of hydrogen-bond acceptors (Lipinski definition) is 1. The van der Waals surface area contributed by atoms with Crippen LogP contribution >= 0.6 is 0 Å². The predicted octanol–water partition coefficient (Wildman–Crippen LogP) is 9.47. The summed E-state index contributed by atoms with van der Waals surface area (Å²) in [5.74, 6) is -1.31. The van der Waals surface area contributed by atoms with Crippen molar-refractivity contribution in [1.82, 2.24) is 0 Å². The molecule has 1 unspecified atom stereocenters. The van der Waals surface area contributed by atoms with Gasteiger partial charge in [0.05, 0.1) is 0 Å². The third-order valence-corrected chi connectivity index (χ3v) is 8.62. The summed E-state index contributed by atoms with van der Waals surface area (Å²) >= 11 is 0. The van der Waals surface area contributed by atoms with Crippen LogP contribution in [-0.4, -0.2) is 11.1 Å². The highest BCUT2D eigenvalue weighted by atomic mass is 16.4. The Morgan fingerprint density at radius 1 is 0.525 bits per heavy atom. The second kappa shape index (κ2) is 9.36. The van der Waals surface area contributed by atoms with Crippen LogP contribution in [0.15, 0.2) is 140 Å². The molecule has 1 N–H and O–H groups in total. The van der Waals surface area contributed by atoms with Crippen LogP contribution in [0.25, 0.3) is 43.1 Å². The minimum atomic E-state index is -1.29. The van der Waals surface area contributed by atoms with Gasteiger partial charge in [-0.15, -0.1) is 0 Å². The molecule has 0 fully saturated rings. The van der Waals surface area contributed by atoms with Crippen molar-refractivity contribution in [2.75, 3.05) is 0 Å². The number of hydrogen-bond donors (Lipinski definition) is 1. The molecule has 2 nitrogen and oxygen atoms in total. The summed E-state index contributed by atoms with van der Waals surface area (Å²) in [6, 6.07) is 47.7. The SMILES string of the molecule is CC(C(=O)O)(c1cc2ccccc2c2ccccc12)C(c1cccc2ccccc12)c1cccc2ccccc12. The normalized spacial score (nSPS) is 13.2. The molecule has 192 valence electrons. The van der Waals surface area contributed by atoms with Crippen molar-refractivity contribution in [2.45, 2.75) is 18.3 Å². The Balaban J connectivity index is 1.65. The summed E-state index contributed by atoms with van der Waals surface area (Å²) in [4.78, 5) is 13.9. The first-order valence-corrected chi connectivity index (χ1v) is 13.7. The Hall–Kier alpha value is -4.95. The summed E-state index contributed by atoms with van der Waals surface area (Å²) in [6.07, 6.45) is 0. The summed E-state index contributed by atoms with van der Waals surface area (Å²) < 4.78 is 0. The van der Waals surface area contributed by atoms with Crippen molar-refractivity contribution in [3.63, 3.8) is 0 Å². The van der Waals surface area contributed by atoms with Gasteiger partial charge in [0.2, 0.25) is 0 Å². The average Bonchev–Trinajstić information content (AvgIpc) is 3.01. The molecule has 0 saturated carbocycles. The lowest BCUT2D eigenvalue weighted by atomic mass is 9.63. The minimum Gasteiger partial charge on any atom is -0.481 e. The largest absolute Gasteiger partial charge is 0.481 e. The fourth-order valence-electron chi connectivity index (χ4n) is 6.67. The van der Waals surface area contributed by atoms with Crippen LogP contribution in [0.3, 0.4) is 0 Å².